The molecule has 0 saturated carbocycles. The number of halogens is 1. The predicted molar refractivity (Wildman–Crippen MR) is 138 cm³/mol. The highest BCUT2D eigenvalue weighted by atomic mass is 35.5. The molecule has 12 heteroatoms. The number of aromatic nitrogens is 2. The number of hydrogen-bond donors (Lipinski definition) is 3. The number of benzene rings is 2. The molecule has 0 unspecified atom stereocenters. The van der Waals surface area contributed by atoms with E-state index in [0.717, 1.165) is 22.5 Å². The van der Waals surface area contributed by atoms with Gasteiger partial charge in [0.2, 0.25) is 5.91 Å². The maximum Gasteiger partial charge on any atom is 0.272 e. The third-order valence-electron chi connectivity index (χ3n) is 5.15. The molecule has 0 bridgehead atoms. The van der Waals surface area contributed by atoms with Crippen molar-refractivity contribution < 1.29 is 17.9 Å². The van der Waals surface area contributed by atoms with Crippen molar-refractivity contribution in [3.05, 3.63) is 70.1 Å². The van der Waals surface area contributed by atoms with E-state index in [9.17, 15) is 13.2 Å². The summed E-state index contributed by atoms with van der Waals surface area (Å²) in [6.45, 7) is 1.03. The number of methoxy groups -OCH3 is 1. The van der Waals surface area contributed by atoms with Gasteiger partial charge in [0.25, 0.3) is 10.0 Å². The van der Waals surface area contributed by atoms with Crippen molar-refractivity contribution in [1.82, 2.24) is 20.4 Å². The van der Waals surface area contributed by atoms with Crippen molar-refractivity contribution in [3.8, 4) is 5.75 Å². The number of nitrogens with zero attached hydrogens (tertiary/aromatic N) is 2. The second-order valence-electron chi connectivity index (χ2n) is 7.65. The summed E-state index contributed by atoms with van der Waals surface area (Å²) in [5.41, 5.74) is 2.59. The molecule has 0 atom stereocenters. The van der Waals surface area contributed by atoms with Crippen molar-refractivity contribution in [1.29, 1.82) is 0 Å². The predicted octanol–water partition coefficient (Wildman–Crippen LogP) is 3.44. The van der Waals surface area contributed by atoms with Crippen molar-refractivity contribution in [2.75, 3.05) is 25.4 Å². The number of carbonyl (C=O) groups excluding carboxylic acids is 1. The van der Waals surface area contributed by atoms with Crippen LogP contribution in [0.5, 0.6) is 5.75 Å². The van der Waals surface area contributed by atoms with Gasteiger partial charge in [-0.05, 0) is 42.4 Å². The van der Waals surface area contributed by atoms with Crippen LogP contribution in [0.2, 0.25) is 4.34 Å². The van der Waals surface area contributed by atoms with Crippen LogP contribution in [0.15, 0.2) is 58.8 Å². The molecule has 35 heavy (non-hydrogen) atoms. The number of anilines is 1. The maximum absolute atomic E-state index is 13.0. The normalized spacial score (nSPS) is 11.5. The van der Waals surface area contributed by atoms with Crippen molar-refractivity contribution in [3.63, 3.8) is 0 Å². The van der Waals surface area contributed by atoms with Crippen LogP contribution < -0.4 is 20.1 Å². The van der Waals surface area contributed by atoms with Crippen molar-refractivity contribution in [2.24, 2.45) is 0 Å². The van der Waals surface area contributed by atoms with Crippen molar-refractivity contribution >= 4 is 55.6 Å². The summed E-state index contributed by atoms with van der Waals surface area (Å²) < 4.78 is 36.2. The van der Waals surface area contributed by atoms with E-state index in [1.165, 1.54) is 19.2 Å². The van der Waals surface area contributed by atoms with E-state index < -0.39 is 10.0 Å². The van der Waals surface area contributed by atoms with E-state index in [1.807, 2.05) is 36.4 Å². The molecule has 2 heterocycles. The quantitative estimate of drug-likeness (QED) is 0.288. The molecular weight excluding hydrogens is 510 g/mol. The molecule has 4 rings (SSSR count). The molecular formula is C23H24ClN5O4S2. The SMILES string of the molecule is CNCC(=O)NCc1cccc(Cn2nc(NS(=O)(=O)c3ccc(Cl)s3)c3c(OC)cccc32)c1. The second-order valence-corrected chi connectivity index (χ2v) is 11.3. The number of amides is 1. The fourth-order valence-corrected chi connectivity index (χ4v) is 6.11. The van der Waals surface area contributed by atoms with Gasteiger partial charge in [-0.2, -0.15) is 5.10 Å². The fraction of sp³-hybridized carbons (Fsp3) is 0.217. The largest absolute Gasteiger partial charge is 0.496 e. The molecule has 0 saturated heterocycles. The highest BCUT2D eigenvalue weighted by Gasteiger charge is 2.23. The van der Waals surface area contributed by atoms with Gasteiger partial charge in [-0.25, -0.2) is 8.42 Å². The summed E-state index contributed by atoms with van der Waals surface area (Å²) >= 11 is 6.90. The van der Waals surface area contributed by atoms with E-state index in [-0.39, 0.29) is 22.5 Å². The van der Waals surface area contributed by atoms with Crippen LogP contribution in [0.3, 0.4) is 0 Å². The van der Waals surface area contributed by atoms with E-state index in [0.29, 0.717) is 34.1 Å². The standard InChI is InChI=1S/C23H24ClN5O4S2/c1-25-13-20(30)26-12-15-5-3-6-16(11-15)14-29-17-7-4-8-18(33-2)22(17)23(27-29)28-35(31,32)21-10-9-19(24)34-21/h3-11,25H,12-14H2,1-2H3,(H,26,30)(H,27,28). The molecule has 184 valence electrons. The first-order valence-corrected chi connectivity index (χ1v) is 13.3. The van der Waals surface area contributed by atoms with Gasteiger partial charge in [0, 0.05) is 6.54 Å². The first-order chi connectivity index (χ1) is 16.8. The molecule has 1 amide bonds. The Morgan fingerprint density at radius 3 is 2.63 bits per heavy atom. The second kappa shape index (κ2) is 10.6. The average Bonchev–Trinajstić information content (AvgIpc) is 3.42. The molecule has 0 fully saturated rings. The monoisotopic (exact) mass is 533 g/mol. The molecule has 9 nitrogen and oxygen atoms in total. The molecule has 0 radical (unpaired) electrons. The number of sulfonamides is 1. The van der Waals surface area contributed by atoms with Gasteiger partial charge in [0.15, 0.2) is 5.82 Å². The van der Waals surface area contributed by atoms with E-state index in [4.69, 9.17) is 16.3 Å². The lowest BCUT2D eigenvalue weighted by Crippen LogP contribution is -2.31. The number of hydrogen-bond acceptors (Lipinski definition) is 7. The minimum Gasteiger partial charge on any atom is -0.496 e. The Hall–Kier alpha value is -3.12. The molecule has 0 aliphatic rings. The Kier molecular flexibility index (Phi) is 7.60. The number of nitrogens with one attached hydrogen (secondary N) is 3. The first-order valence-electron chi connectivity index (χ1n) is 10.6. The van der Waals surface area contributed by atoms with Crippen LogP contribution in [0.1, 0.15) is 11.1 Å². The minimum absolute atomic E-state index is 0.0907. The molecule has 0 aliphatic heterocycles. The number of rotatable bonds is 10. The lowest BCUT2D eigenvalue weighted by Gasteiger charge is -2.08. The van der Waals surface area contributed by atoms with Gasteiger partial charge in [-0.1, -0.05) is 41.9 Å². The van der Waals surface area contributed by atoms with Crippen molar-refractivity contribution in [2.45, 2.75) is 17.3 Å². The van der Waals surface area contributed by atoms with Crippen LogP contribution in [-0.2, 0) is 27.9 Å². The number of likely N-dealkylation sites (N-methyl/N-ethyl adjacent to an activating group) is 1. The average molecular weight is 534 g/mol. The van der Waals surface area contributed by atoms with Crippen LogP contribution in [0.25, 0.3) is 10.9 Å². The zero-order valence-corrected chi connectivity index (χ0v) is 21.4. The Morgan fingerprint density at radius 1 is 1.14 bits per heavy atom. The molecule has 3 N–H and O–H groups in total. The molecule has 2 aromatic heterocycles. The Balaban J connectivity index is 1.65. The topological polar surface area (TPSA) is 114 Å². The lowest BCUT2D eigenvalue weighted by atomic mass is 10.1. The Bertz CT molecular complexity index is 1470. The van der Waals surface area contributed by atoms with Gasteiger partial charge in [-0.15, -0.1) is 11.3 Å². The van der Waals surface area contributed by atoms with Crippen LogP contribution in [-0.4, -0.2) is 44.8 Å². The summed E-state index contributed by atoms with van der Waals surface area (Å²) in [6.07, 6.45) is 0. The Labute approximate surface area is 212 Å². The van der Waals surface area contributed by atoms with Gasteiger partial charge in [0.05, 0.1) is 35.4 Å². The number of ether oxygens (including phenoxy) is 1. The third kappa shape index (κ3) is 5.76. The van der Waals surface area contributed by atoms with Gasteiger partial charge in [0.1, 0.15) is 9.96 Å². The smallest absolute Gasteiger partial charge is 0.272 e. The van der Waals surface area contributed by atoms with E-state index >= 15 is 0 Å². The lowest BCUT2D eigenvalue weighted by molar-refractivity contribution is -0.120. The van der Waals surface area contributed by atoms with Gasteiger partial charge >= 0.3 is 0 Å². The highest BCUT2D eigenvalue weighted by molar-refractivity contribution is 7.94. The van der Waals surface area contributed by atoms with E-state index in [1.54, 1.807) is 17.8 Å². The summed E-state index contributed by atoms with van der Waals surface area (Å²) in [5, 5.41) is 10.8. The minimum atomic E-state index is -3.89. The number of carbonyl (C=O) groups is 1. The summed E-state index contributed by atoms with van der Waals surface area (Å²) in [6, 6.07) is 16.2. The molecule has 4 aromatic rings. The molecule has 0 spiro atoms. The Morgan fingerprint density at radius 2 is 1.91 bits per heavy atom. The zero-order chi connectivity index (χ0) is 25.0. The summed E-state index contributed by atoms with van der Waals surface area (Å²) in [5.74, 6) is 0.570. The number of fused-ring (bicyclic) bond motifs is 1. The van der Waals surface area contributed by atoms with Crippen LogP contribution in [0.4, 0.5) is 5.82 Å². The fourth-order valence-electron chi connectivity index (χ4n) is 3.61. The highest BCUT2D eigenvalue weighted by Crippen LogP contribution is 2.35. The summed E-state index contributed by atoms with van der Waals surface area (Å²) in [7, 11) is -0.649. The number of thiophene rings is 1. The molecule has 0 aliphatic carbocycles. The van der Waals surface area contributed by atoms with Gasteiger partial charge < -0.3 is 15.4 Å². The molecule has 2 aromatic carbocycles. The zero-order valence-electron chi connectivity index (χ0n) is 19.0. The third-order valence-corrected chi connectivity index (χ3v) is 8.22. The van der Waals surface area contributed by atoms with Crippen LogP contribution in [0, 0.1) is 0 Å². The van der Waals surface area contributed by atoms with Crippen LogP contribution >= 0.6 is 22.9 Å². The summed E-state index contributed by atoms with van der Waals surface area (Å²) in [4.78, 5) is 11.8. The van der Waals surface area contributed by atoms with Gasteiger partial charge in [-0.3, -0.25) is 14.2 Å². The van der Waals surface area contributed by atoms with E-state index in [2.05, 4.69) is 20.5 Å². The first kappa shape index (κ1) is 25.0. The maximum atomic E-state index is 13.0.